The van der Waals surface area contributed by atoms with Gasteiger partial charge in [0.15, 0.2) is 11.6 Å². The summed E-state index contributed by atoms with van der Waals surface area (Å²) in [4.78, 5) is 20.2. The highest BCUT2D eigenvalue weighted by molar-refractivity contribution is 6.28. The third-order valence-electron chi connectivity index (χ3n) is 4.12. The number of halogens is 2. The molecule has 0 bridgehead atoms. The Morgan fingerprint density at radius 3 is 2.56 bits per heavy atom. The summed E-state index contributed by atoms with van der Waals surface area (Å²) in [6.07, 6.45) is 1.06. The van der Waals surface area contributed by atoms with E-state index in [0.29, 0.717) is 11.3 Å². The highest BCUT2D eigenvalue weighted by atomic mass is 35.5. The number of carbonyl (C=O) groups is 1. The highest BCUT2D eigenvalue weighted by Crippen LogP contribution is 2.30. The van der Waals surface area contributed by atoms with Gasteiger partial charge >= 0.3 is 0 Å². The number of ketones is 1. The van der Waals surface area contributed by atoms with E-state index < -0.39 is 5.82 Å². The number of carbonyl (C=O) groups excluding carboxylic acids is 1. The number of Topliss-reactive ketones (excluding diaryl/α,β-unsaturated/α-hetero) is 1. The molecule has 3 aromatic rings. The zero-order chi connectivity index (χ0) is 18.3. The minimum absolute atomic E-state index is 0.00795. The van der Waals surface area contributed by atoms with Gasteiger partial charge in [-0.3, -0.25) is 4.79 Å². The van der Waals surface area contributed by atoms with E-state index in [4.69, 9.17) is 11.6 Å². The lowest BCUT2D eigenvalue weighted by Crippen LogP contribution is -2.15. The first-order valence-corrected chi connectivity index (χ1v) is 8.55. The smallest absolute Gasteiger partial charge is 0.223 e. The lowest BCUT2D eigenvalue weighted by atomic mass is 10.1. The van der Waals surface area contributed by atoms with Gasteiger partial charge in [0.05, 0.1) is 11.9 Å². The van der Waals surface area contributed by atoms with Gasteiger partial charge in [-0.05, 0) is 37.6 Å². The van der Waals surface area contributed by atoms with Crippen LogP contribution in [0.5, 0.6) is 0 Å². The van der Waals surface area contributed by atoms with Gasteiger partial charge in [0, 0.05) is 28.4 Å². The normalized spacial score (nSPS) is 11.7. The van der Waals surface area contributed by atoms with Gasteiger partial charge in [-0.2, -0.15) is 0 Å². The quantitative estimate of drug-likeness (QED) is 0.468. The molecule has 0 radical (unpaired) electrons. The molecule has 2 aromatic heterocycles. The van der Waals surface area contributed by atoms with E-state index in [1.807, 2.05) is 50.5 Å². The standard InChI is InChI=1S/C19H19ClFN3O/c1-10(2)18(25)16-7-12-5-6-13(8-15(12)24(16)11(3)4)17-14(21)9-22-19(20)23-17/h5-11H,1-4H3. The topological polar surface area (TPSA) is 47.8 Å². The van der Waals surface area contributed by atoms with Gasteiger partial charge in [0.25, 0.3) is 0 Å². The van der Waals surface area contributed by atoms with Crippen LogP contribution in [0.3, 0.4) is 0 Å². The Kier molecular flexibility index (Phi) is 4.60. The molecule has 6 heteroatoms. The van der Waals surface area contributed by atoms with Crippen molar-refractivity contribution in [2.24, 2.45) is 5.92 Å². The van der Waals surface area contributed by atoms with E-state index in [2.05, 4.69) is 9.97 Å². The van der Waals surface area contributed by atoms with Gasteiger partial charge < -0.3 is 4.57 Å². The lowest BCUT2D eigenvalue weighted by molar-refractivity contribution is 0.0929. The number of aromatic nitrogens is 3. The highest BCUT2D eigenvalue weighted by Gasteiger charge is 2.20. The van der Waals surface area contributed by atoms with Crippen molar-refractivity contribution >= 4 is 28.3 Å². The average molecular weight is 360 g/mol. The Labute approximate surface area is 150 Å². The van der Waals surface area contributed by atoms with Crippen molar-refractivity contribution in [3.05, 3.63) is 47.3 Å². The monoisotopic (exact) mass is 359 g/mol. The van der Waals surface area contributed by atoms with Crippen LogP contribution in [-0.4, -0.2) is 20.3 Å². The Hall–Kier alpha value is -2.27. The molecule has 0 N–H and O–H groups in total. The van der Waals surface area contributed by atoms with Crippen LogP contribution in [0.1, 0.15) is 44.2 Å². The second-order valence-electron chi connectivity index (χ2n) is 6.62. The molecular weight excluding hydrogens is 341 g/mol. The largest absolute Gasteiger partial charge is 0.335 e. The van der Waals surface area contributed by atoms with Crippen LogP contribution in [0.15, 0.2) is 30.5 Å². The Morgan fingerprint density at radius 2 is 1.92 bits per heavy atom. The van der Waals surface area contributed by atoms with Gasteiger partial charge in [0.1, 0.15) is 5.69 Å². The minimum Gasteiger partial charge on any atom is -0.335 e. The zero-order valence-electron chi connectivity index (χ0n) is 14.5. The number of hydrogen-bond acceptors (Lipinski definition) is 3. The third-order valence-corrected chi connectivity index (χ3v) is 4.31. The molecule has 130 valence electrons. The first-order valence-electron chi connectivity index (χ1n) is 8.17. The lowest BCUT2D eigenvalue weighted by Gasteiger charge is -2.15. The van der Waals surface area contributed by atoms with Crippen LogP contribution >= 0.6 is 11.6 Å². The van der Waals surface area contributed by atoms with E-state index in [-0.39, 0.29) is 28.7 Å². The summed E-state index contributed by atoms with van der Waals surface area (Å²) < 4.78 is 16.1. The molecule has 0 aliphatic heterocycles. The van der Waals surface area contributed by atoms with E-state index in [0.717, 1.165) is 17.1 Å². The number of benzene rings is 1. The maximum atomic E-state index is 14.1. The molecule has 25 heavy (non-hydrogen) atoms. The van der Waals surface area contributed by atoms with Crippen LogP contribution in [0.25, 0.3) is 22.2 Å². The van der Waals surface area contributed by atoms with Crippen LogP contribution in [0, 0.1) is 11.7 Å². The molecule has 0 aliphatic carbocycles. The van der Waals surface area contributed by atoms with E-state index >= 15 is 0 Å². The van der Waals surface area contributed by atoms with Crippen molar-refractivity contribution in [2.45, 2.75) is 33.7 Å². The molecule has 0 fully saturated rings. The summed E-state index contributed by atoms with van der Waals surface area (Å²) in [6.45, 7) is 7.80. The van der Waals surface area contributed by atoms with Gasteiger partial charge in [-0.25, -0.2) is 14.4 Å². The average Bonchev–Trinajstić information content (AvgIpc) is 2.94. The molecule has 1 aromatic carbocycles. The summed E-state index contributed by atoms with van der Waals surface area (Å²) >= 11 is 5.81. The molecule has 0 amide bonds. The van der Waals surface area contributed by atoms with Gasteiger partial charge in [0.2, 0.25) is 5.28 Å². The predicted molar refractivity (Wildman–Crippen MR) is 97.5 cm³/mol. The molecule has 3 rings (SSSR count). The van der Waals surface area contributed by atoms with Gasteiger partial charge in [-0.15, -0.1) is 0 Å². The van der Waals surface area contributed by atoms with Crippen LogP contribution < -0.4 is 0 Å². The van der Waals surface area contributed by atoms with Crippen LogP contribution in [0.4, 0.5) is 4.39 Å². The molecule has 0 saturated carbocycles. The van der Waals surface area contributed by atoms with Gasteiger partial charge in [-0.1, -0.05) is 26.0 Å². The fourth-order valence-corrected chi connectivity index (χ4v) is 3.09. The maximum Gasteiger partial charge on any atom is 0.223 e. The van der Waals surface area contributed by atoms with Crippen molar-refractivity contribution in [3.63, 3.8) is 0 Å². The zero-order valence-corrected chi connectivity index (χ0v) is 15.3. The van der Waals surface area contributed by atoms with Crippen molar-refractivity contribution in [1.29, 1.82) is 0 Å². The molecule has 0 saturated heterocycles. The molecule has 0 unspecified atom stereocenters. The third kappa shape index (κ3) is 3.16. The second kappa shape index (κ2) is 6.56. The number of rotatable bonds is 4. The number of hydrogen-bond donors (Lipinski definition) is 0. The Bertz CT molecular complexity index is 963. The molecule has 0 atom stereocenters. The number of fused-ring (bicyclic) bond motifs is 1. The summed E-state index contributed by atoms with van der Waals surface area (Å²) in [6, 6.07) is 7.47. The molecular formula is C19H19ClFN3O. The van der Waals surface area contributed by atoms with Crippen molar-refractivity contribution < 1.29 is 9.18 Å². The summed E-state index contributed by atoms with van der Waals surface area (Å²) in [5.41, 5.74) is 2.27. The Morgan fingerprint density at radius 1 is 1.20 bits per heavy atom. The molecule has 2 heterocycles. The van der Waals surface area contributed by atoms with Crippen molar-refractivity contribution in [1.82, 2.24) is 14.5 Å². The SMILES string of the molecule is CC(C)C(=O)c1cc2ccc(-c3nc(Cl)ncc3F)cc2n1C(C)C. The summed E-state index contributed by atoms with van der Waals surface area (Å²) in [7, 11) is 0. The fraction of sp³-hybridized carbons (Fsp3) is 0.316. The van der Waals surface area contributed by atoms with Crippen molar-refractivity contribution in [2.75, 3.05) is 0 Å². The number of nitrogens with zero attached hydrogens (tertiary/aromatic N) is 3. The predicted octanol–water partition coefficient (Wildman–Crippen LogP) is 5.31. The maximum absolute atomic E-state index is 14.1. The van der Waals surface area contributed by atoms with Crippen LogP contribution in [-0.2, 0) is 0 Å². The van der Waals surface area contributed by atoms with E-state index in [1.165, 1.54) is 0 Å². The molecule has 0 spiro atoms. The van der Waals surface area contributed by atoms with Crippen LogP contribution in [0.2, 0.25) is 5.28 Å². The van der Waals surface area contributed by atoms with E-state index in [9.17, 15) is 9.18 Å². The molecule has 4 nitrogen and oxygen atoms in total. The van der Waals surface area contributed by atoms with E-state index in [1.54, 1.807) is 6.07 Å². The van der Waals surface area contributed by atoms with Crippen molar-refractivity contribution in [3.8, 4) is 11.3 Å². The minimum atomic E-state index is -0.537. The Balaban J connectivity index is 2.25. The summed E-state index contributed by atoms with van der Waals surface area (Å²) in [5.74, 6) is -0.549. The first-order chi connectivity index (χ1) is 11.8. The summed E-state index contributed by atoms with van der Waals surface area (Å²) in [5, 5.41) is 0.924. The molecule has 0 aliphatic rings. The fourth-order valence-electron chi connectivity index (χ4n) is 2.96. The first kappa shape index (κ1) is 17.5. The second-order valence-corrected chi connectivity index (χ2v) is 6.96.